The Bertz CT molecular complexity index is 7380. The van der Waals surface area contributed by atoms with Crippen molar-refractivity contribution in [2.45, 2.75) is 0 Å². The molecule has 0 aromatic heterocycles. The Labute approximate surface area is 530 Å². The van der Waals surface area contributed by atoms with Crippen LogP contribution in [-0.2, 0) is 0 Å². The summed E-state index contributed by atoms with van der Waals surface area (Å²) in [6.45, 7) is 0. The predicted molar refractivity (Wildman–Crippen MR) is 403 cm³/mol. The molecule has 22 aromatic rings. The molecule has 0 unspecified atom stereocenters. The second-order valence-electron chi connectivity index (χ2n) is 26.8. The van der Waals surface area contributed by atoms with Gasteiger partial charge in [0.05, 0.1) is 5.56 Å². The molecule has 0 radical (unpaired) electrons. The fourth-order valence-electron chi connectivity index (χ4n) is 16.5. The first-order valence-electron chi connectivity index (χ1n) is 32.2. The second-order valence-corrected chi connectivity index (χ2v) is 26.8. The lowest BCUT2D eigenvalue weighted by Crippen LogP contribution is -2.12. The molecule has 22 rings (SSSR count). The van der Waals surface area contributed by atoms with Crippen molar-refractivity contribution in [3.05, 3.63) is 291 Å². The topological polar surface area (TPSA) is 43.1 Å². The Balaban J connectivity index is 0.622. The van der Waals surface area contributed by atoms with Gasteiger partial charge in [0, 0.05) is 0 Å². The SMILES string of the molecule is NC(=O)c1c2cc3cc4cc5cc6cc7cc8cc9cc%10ccccc%10cc9cc8cc7cc6cc5cc4cc3cc2cc2cc3cc4cc5cc6cc7cc8cc9cc%10cc%11cc%12cc%13ccccc%13cc%12cc%11cc%10cc9cc8cc7cc6cc5cc4cc3cc12. The zero-order chi connectivity index (χ0) is 60.6. The van der Waals surface area contributed by atoms with Gasteiger partial charge in [0.2, 0.25) is 5.91 Å². The van der Waals surface area contributed by atoms with Crippen LogP contribution in [0.15, 0.2) is 285 Å². The molecule has 93 heavy (non-hydrogen) atoms. The molecule has 424 valence electrons. The molecule has 2 N–H and O–H groups in total. The summed E-state index contributed by atoms with van der Waals surface area (Å²) in [5, 5.41) is 50.0. The highest BCUT2D eigenvalue weighted by atomic mass is 16.1. The second kappa shape index (κ2) is 17.8. The smallest absolute Gasteiger partial charge is 0.249 e. The average molecular weight is 1170 g/mol. The summed E-state index contributed by atoms with van der Waals surface area (Å²) >= 11 is 0. The molecule has 0 aliphatic heterocycles. The van der Waals surface area contributed by atoms with Crippen LogP contribution in [0.5, 0.6) is 0 Å². The molecule has 0 atom stereocenters. The number of amides is 1. The van der Waals surface area contributed by atoms with Gasteiger partial charge in [-0.2, -0.15) is 0 Å². The van der Waals surface area contributed by atoms with Crippen molar-refractivity contribution in [1.82, 2.24) is 0 Å². The number of benzene rings is 22. The summed E-state index contributed by atoms with van der Waals surface area (Å²) in [6.07, 6.45) is 0. The molecule has 22 aromatic carbocycles. The van der Waals surface area contributed by atoms with Gasteiger partial charge in [-0.3, -0.25) is 4.79 Å². The van der Waals surface area contributed by atoms with Gasteiger partial charge in [0.1, 0.15) is 0 Å². The van der Waals surface area contributed by atoms with Crippen LogP contribution >= 0.6 is 0 Å². The number of nitrogens with two attached hydrogens (primary N) is 1. The summed E-state index contributed by atoms with van der Waals surface area (Å²) in [4.78, 5) is 13.8. The van der Waals surface area contributed by atoms with E-state index in [4.69, 9.17) is 5.73 Å². The minimum absolute atomic E-state index is 0.427. The van der Waals surface area contributed by atoms with Crippen molar-refractivity contribution in [1.29, 1.82) is 0 Å². The minimum atomic E-state index is -0.427. The van der Waals surface area contributed by atoms with E-state index in [1.165, 1.54) is 172 Å². The Morgan fingerprint density at radius 2 is 0.258 bits per heavy atom. The van der Waals surface area contributed by atoms with Gasteiger partial charge in [-0.25, -0.2) is 0 Å². The van der Waals surface area contributed by atoms with Gasteiger partial charge in [-0.1, -0.05) is 48.5 Å². The van der Waals surface area contributed by atoms with E-state index in [0.29, 0.717) is 5.56 Å². The quantitative estimate of drug-likeness (QED) is 0.164. The summed E-state index contributed by atoms with van der Waals surface area (Å²) in [5.74, 6) is -0.427. The van der Waals surface area contributed by atoms with E-state index in [0.717, 1.165) is 53.9 Å². The Kier molecular flexibility index (Phi) is 9.50. The highest BCUT2D eigenvalue weighted by Crippen LogP contribution is 2.42. The van der Waals surface area contributed by atoms with Crippen LogP contribution in [-0.4, -0.2) is 5.91 Å². The lowest BCUT2D eigenvalue weighted by Gasteiger charge is -2.14. The summed E-state index contributed by atoms with van der Waals surface area (Å²) in [6, 6.07) is 108. The van der Waals surface area contributed by atoms with Crippen LogP contribution in [0.1, 0.15) is 10.4 Å². The van der Waals surface area contributed by atoms with Crippen LogP contribution in [0.2, 0.25) is 0 Å². The Morgan fingerprint density at radius 1 is 0.151 bits per heavy atom. The van der Waals surface area contributed by atoms with Crippen molar-refractivity contribution >= 4 is 232 Å². The van der Waals surface area contributed by atoms with E-state index in [2.05, 4.69) is 285 Å². The fraction of sp³-hybridized carbons (Fsp3) is 0. The first kappa shape index (κ1) is 49.6. The maximum Gasteiger partial charge on any atom is 0.249 e. The molecule has 0 spiro atoms. The number of hydrogen-bond donors (Lipinski definition) is 1. The molecular weight excluding hydrogens is 1120 g/mol. The van der Waals surface area contributed by atoms with Crippen LogP contribution in [0.3, 0.4) is 0 Å². The normalized spacial score (nSPS) is 12.6. The van der Waals surface area contributed by atoms with E-state index in [1.54, 1.807) is 0 Å². The van der Waals surface area contributed by atoms with Gasteiger partial charge in [0.25, 0.3) is 0 Å². The van der Waals surface area contributed by atoms with Gasteiger partial charge < -0.3 is 5.73 Å². The van der Waals surface area contributed by atoms with Gasteiger partial charge in [-0.05, 0) is 463 Å². The first-order chi connectivity index (χ1) is 45.6. The van der Waals surface area contributed by atoms with Crippen molar-refractivity contribution in [2.24, 2.45) is 5.73 Å². The maximum absolute atomic E-state index is 13.8. The van der Waals surface area contributed by atoms with E-state index in [1.807, 2.05) is 0 Å². The standard InChI is InChI=1S/C91H49NO/c92-91(93)90-88-46-84-41-80-37-76-33-72-24-63-20-59-16-55-12-51-8-4-3-7-50(51)11-54(55)15-58(59)19-62(63)23-66(72)31-74(76)35-78(80)39-82(84)43-86(88)45-87-44-83-40-79-36-75-32-71-29-69-27-67-25-64-21-60-17-56-13-52-9-48-5-1-2-6-49(48)10-53(52)14-57(56)18-61(60)22-65(64)26-68(67)28-70(69)30-73(71)34-77(75)38-81(79)42-85(83)47-89(87)90/h1-47H,(H2,92,93). The van der Waals surface area contributed by atoms with Crippen molar-refractivity contribution in [3.63, 3.8) is 0 Å². The first-order valence-corrected chi connectivity index (χ1v) is 32.2. The van der Waals surface area contributed by atoms with Crippen molar-refractivity contribution in [3.8, 4) is 0 Å². The van der Waals surface area contributed by atoms with Crippen LogP contribution in [0.4, 0.5) is 0 Å². The lowest BCUT2D eigenvalue weighted by atomic mass is 9.90. The molecule has 0 saturated heterocycles. The Hall–Kier alpha value is -12.2. The minimum Gasteiger partial charge on any atom is -0.366 e. The van der Waals surface area contributed by atoms with Crippen molar-refractivity contribution in [2.75, 3.05) is 0 Å². The molecule has 0 aliphatic carbocycles. The summed E-state index contributed by atoms with van der Waals surface area (Å²) in [7, 11) is 0. The molecule has 0 aliphatic rings. The molecule has 2 nitrogen and oxygen atoms in total. The number of carbonyl (C=O) groups is 1. The van der Waals surface area contributed by atoms with Gasteiger partial charge >= 0.3 is 0 Å². The fourth-order valence-corrected chi connectivity index (χ4v) is 16.5. The zero-order valence-corrected chi connectivity index (χ0v) is 50.1. The summed E-state index contributed by atoms with van der Waals surface area (Å²) in [5.41, 5.74) is 6.99. The number of rotatable bonds is 1. The molecule has 0 heterocycles. The zero-order valence-electron chi connectivity index (χ0n) is 50.1. The third-order valence-electron chi connectivity index (χ3n) is 21.2. The van der Waals surface area contributed by atoms with E-state index in [9.17, 15) is 4.79 Å². The molecule has 2 heteroatoms. The number of primary amides is 1. The van der Waals surface area contributed by atoms with Crippen LogP contribution in [0, 0.1) is 0 Å². The third-order valence-corrected chi connectivity index (χ3v) is 21.2. The lowest BCUT2D eigenvalue weighted by molar-refractivity contribution is 0.100. The van der Waals surface area contributed by atoms with E-state index < -0.39 is 5.91 Å². The predicted octanol–water partition coefficient (Wildman–Crippen LogP) is 25.0. The third kappa shape index (κ3) is 7.49. The number of fused-ring (bicyclic) bond motifs is 21. The number of hydrogen-bond acceptors (Lipinski definition) is 1. The van der Waals surface area contributed by atoms with E-state index in [-0.39, 0.29) is 0 Å². The van der Waals surface area contributed by atoms with Gasteiger partial charge in [-0.15, -0.1) is 0 Å². The molecule has 1 amide bonds. The highest BCUT2D eigenvalue weighted by Gasteiger charge is 2.18. The molecular formula is C91H49NO. The highest BCUT2D eigenvalue weighted by molar-refractivity contribution is 6.24. The average Bonchev–Trinajstić information content (AvgIpc) is 0.911. The van der Waals surface area contributed by atoms with Crippen LogP contribution in [0.25, 0.3) is 226 Å². The van der Waals surface area contributed by atoms with E-state index >= 15 is 0 Å². The van der Waals surface area contributed by atoms with Gasteiger partial charge in [0.15, 0.2) is 0 Å². The van der Waals surface area contributed by atoms with Crippen LogP contribution < -0.4 is 5.73 Å². The van der Waals surface area contributed by atoms with Crippen molar-refractivity contribution < 1.29 is 4.79 Å². The summed E-state index contributed by atoms with van der Waals surface area (Å²) < 4.78 is 0. The number of carbonyl (C=O) groups excluding carboxylic acids is 1. The molecule has 0 fully saturated rings. The molecule has 0 saturated carbocycles. The largest absolute Gasteiger partial charge is 0.366 e. The maximum atomic E-state index is 13.8. The Morgan fingerprint density at radius 3 is 0.398 bits per heavy atom. The molecule has 0 bridgehead atoms. The monoisotopic (exact) mass is 1170 g/mol.